The monoisotopic (exact) mass is 431 g/mol. The summed E-state index contributed by atoms with van der Waals surface area (Å²) in [5.41, 5.74) is 6.03. The Morgan fingerprint density at radius 3 is 2.78 bits per heavy atom. The van der Waals surface area contributed by atoms with E-state index < -0.39 is 0 Å². The highest BCUT2D eigenvalue weighted by atomic mass is 16.2. The molecule has 32 heavy (non-hydrogen) atoms. The van der Waals surface area contributed by atoms with Gasteiger partial charge in [-0.3, -0.25) is 14.7 Å². The van der Waals surface area contributed by atoms with Crippen LogP contribution in [0.4, 0.5) is 5.82 Å². The molecule has 1 N–H and O–H groups in total. The number of carbonyl (C=O) groups excluding carboxylic acids is 1. The van der Waals surface area contributed by atoms with Crippen LogP contribution in [0.15, 0.2) is 48.7 Å². The van der Waals surface area contributed by atoms with E-state index in [9.17, 15) is 4.79 Å². The summed E-state index contributed by atoms with van der Waals surface area (Å²) in [5, 5.41) is 7.33. The van der Waals surface area contributed by atoms with E-state index in [0.717, 1.165) is 43.0 Å². The SMILES string of the molecule is Cc1cc(Cc2ccccc2C)cc([C@H]2CCCN2CC(=O)Nc2ccnn2C(C)C)n1. The van der Waals surface area contributed by atoms with Crippen molar-refractivity contribution < 1.29 is 4.79 Å². The number of nitrogens with one attached hydrogen (secondary N) is 1. The van der Waals surface area contributed by atoms with Crippen molar-refractivity contribution >= 4 is 11.7 Å². The fourth-order valence-corrected chi connectivity index (χ4v) is 4.61. The summed E-state index contributed by atoms with van der Waals surface area (Å²) >= 11 is 0. The number of aryl methyl sites for hydroxylation is 2. The molecule has 0 spiro atoms. The molecule has 1 atom stereocenters. The first-order chi connectivity index (χ1) is 15.4. The number of rotatable bonds is 7. The Morgan fingerprint density at radius 1 is 1.19 bits per heavy atom. The number of hydrogen-bond donors (Lipinski definition) is 1. The predicted molar refractivity (Wildman–Crippen MR) is 128 cm³/mol. The first-order valence-corrected chi connectivity index (χ1v) is 11.5. The topological polar surface area (TPSA) is 63.1 Å². The van der Waals surface area contributed by atoms with Gasteiger partial charge in [0.05, 0.1) is 24.5 Å². The summed E-state index contributed by atoms with van der Waals surface area (Å²) in [6.45, 7) is 9.59. The van der Waals surface area contributed by atoms with Gasteiger partial charge in [0.15, 0.2) is 0 Å². The third kappa shape index (κ3) is 5.07. The van der Waals surface area contributed by atoms with Crippen molar-refractivity contribution in [3.05, 3.63) is 76.7 Å². The van der Waals surface area contributed by atoms with Crippen LogP contribution < -0.4 is 5.32 Å². The number of anilines is 1. The number of carbonyl (C=O) groups is 1. The van der Waals surface area contributed by atoms with Crippen molar-refractivity contribution in [2.75, 3.05) is 18.4 Å². The maximum Gasteiger partial charge on any atom is 0.239 e. The quantitative estimate of drug-likeness (QED) is 0.581. The maximum absolute atomic E-state index is 12.8. The Bertz CT molecular complexity index is 1090. The van der Waals surface area contributed by atoms with Crippen molar-refractivity contribution in [1.29, 1.82) is 0 Å². The van der Waals surface area contributed by atoms with Crippen LogP contribution in [-0.4, -0.2) is 38.7 Å². The van der Waals surface area contributed by atoms with Gasteiger partial charge in [0.2, 0.25) is 5.91 Å². The number of amides is 1. The van der Waals surface area contributed by atoms with E-state index in [-0.39, 0.29) is 18.0 Å². The molecular formula is C26H33N5O. The molecule has 3 aromatic rings. The van der Waals surface area contributed by atoms with E-state index in [1.807, 2.05) is 10.7 Å². The second kappa shape index (κ2) is 9.65. The van der Waals surface area contributed by atoms with E-state index in [4.69, 9.17) is 4.98 Å². The molecular weight excluding hydrogens is 398 g/mol. The largest absolute Gasteiger partial charge is 0.310 e. The summed E-state index contributed by atoms with van der Waals surface area (Å²) in [4.78, 5) is 19.9. The molecule has 3 heterocycles. The van der Waals surface area contributed by atoms with Crippen LogP contribution in [-0.2, 0) is 11.2 Å². The molecule has 4 rings (SSSR count). The lowest BCUT2D eigenvalue weighted by Gasteiger charge is -2.24. The standard InChI is InChI=1S/C26H33N5O/c1-18(2)31-25(11-12-27-31)29-26(32)17-30-13-7-10-24(30)23-16-21(14-20(4)28-23)15-22-9-6-5-8-19(22)3/h5-6,8-9,11-12,14,16,18,24H,7,10,13,15,17H2,1-4H3,(H,29,32)/t24-/m1/s1. The minimum absolute atomic E-state index is 0.00733. The Kier molecular flexibility index (Phi) is 6.70. The van der Waals surface area contributed by atoms with Gasteiger partial charge < -0.3 is 5.32 Å². The van der Waals surface area contributed by atoms with Gasteiger partial charge in [0, 0.05) is 17.8 Å². The highest BCUT2D eigenvalue weighted by Crippen LogP contribution is 2.31. The van der Waals surface area contributed by atoms with Crippen LogP contribution in [0, 0.1) is 13.8 Å². The molecule has 6 heteroatoms. The van der Waals surface area contributed by atoms with Crippen molar-refractivity contribution in [1.82, 2.24) is 19.7 Å². The number of pyridine rings is 1. The normalized spacial score (nSPS) is 16.6. The first kappa shape index (κ1) is 22.2. The molecule has 1 aromatic carbocycles. The maximum atomic E-state index is 12.8. The number of hydrogen-bond acceptors (Lipinski definition) is 4. The van der Waals surface area contributed by atoms with Crippen molar-refractivity contribution in [2.24, 2.45) is 0 Å². The van der Waals surface area contributed by atoms with Gasteiger partial charge >= 0.3 is 0 Å². The number of aromatic nitrogens is 3. The molecule has 1 fully saturated rings. The average molecular weight is 432 g/mol. The minimum Gasteiger partial charge on any atom is -0.310 e. The van der Waals surface area contributed by atoms with E-state index in [1.165, 1.54) is 16.7 Å². The molecule has 0 aliphatic carbocycles. The Balaban J connectivity index is 1.48. The smallest absolute Gasteiger partial charge is 0.239 e. The zero-order chi connectivity index (χ0) is 22.7. The Morgan fingerprint density at radius 2 is 2.00 bits per heavy atom. The number of likely N-dealkylation sites (tertiary alicyclic amines) is 1. The molecule has 0 unspecified atom stereocenters. The van der Waals surface area contributed by atoms with E-state index in [0.29, 0.717) is 6.54 Å². The van der Waals surface area contributed by atoms with Crippen LogP contribution in [0.5, 0.6) is 0 Å². The zero-order valence-corrected chi connectivity index (χ0v) is 19.5. The van der Waals surface area contributed by atoms with Crippen LogP contribution in [0.3, 0.4) is 0 Å². The summed E-state index contributed by atoms with van der Waals surface area (Å²) in [6.07, 6.45) is 4.72. The highest BCUT2D eigenvalue weighted by Gasteiger charge is 2.29. The van der Waals surface area contributed by atoms with E-state index in [2.05, 4.69) is 79.4 Å². The van der Waals surface area contributed by atoms with E-state index >= 15 is 0 Å². The van der Waals surface area contributed by atoms with Gasteiger partial charge in [-0.2, -0.15) is 5.10 Å². The second-order valence-electron chi connectivity index (χ2n) is 9.08. The lowest BCUT2D eigenvalue weighted by molar-refractivity contribution is -0.117. The lowest BCUT2D eigenvalue weighted by atomic mass is 9.99. The van der Waals surface area contributed by atoms with Crippen LogP contribution in [0.25, 0.3) is 0 Å². The predicted octanol–water partition coefficient (Wildman–Crippen LogP) is 4.84. The molecule has 6 nitrogen and oxygen atoms in total. The van der Waals surface area contributed by atoms with Gasteiger partial charge in [-0.1, -0.05) is 24.3 Å². The lowest BCUT2D eigenvalue weighted by Crippen LogP contribution is -2.34. The third-order valence-electron chi connectivity index (χ3n) is 6.17. The molecule has 1 saturated heterocycles. The zero-order valence-electron chi connectivity index (χ0n) is 19.5. The third-order valence-corrected chi connectivity index (χ3v) is 6.17. The van der Waals surface area contributed by atoms with Crippen LogP contribution in [0.2, 0.25) is 0 Å². The summed E-state index contributed by atoms with van der Waals surface area (Å²) in [5.74, 6) is 0.738. The van der Waals surface area contributed by atoms with Gasteiger partial charge in [-0.25, -0.2) is 4.68 Å². The molecule has 0 bridgehead atoms. The fraction of sp³-hybridized carbons (Fsp3) is 0.423. The number of benzene rings is 1. The molecule has 1 aliphatic heterocycles. The van der Waals surface area contributed by atoms with Crippen LogP contribution >= 0.6 is 0 Å². The molecule has 0 saturated carbocycles. The second-order valence-corrected chi connectivity index (χ2v) is 9.08. The molecule has 0 radical (unpaired) electrons. The Labute approximate surface area is 190 Å². The summed E-state index contributed by atoms with van der Waals surface area (Å²) in [7, 11) is 0. The van der Waals surface area contributed by atoms with Gasteiger partial charge in [-0.15, -0.1) is 0 Å². The molecule has 1 amide bonds. The van der Waals surface area contributed by atoms with Gasteiger partial charge in [0.1, 0.15) is 5.82 Å². The van der Waals surface area contributed by atoms with Crippen molar-refractivity contribution in [3.63, 3.8) is 0 Å². The van der Waals surface area contributed by atoms with E-state index in [1.54, 1.807) is 6.20 Å². The minimum atomic E-state index is -0.00733. The molecule has 2 aromatic heterocycles. The van der Waals surface area contributed by atoms with Gasteiger partial charge in [-0.05, 0) is 82.3 Å². The van der Waals surface area contributed by atoms with Crippen molar-refractivity contribution in [2.45, 2.75) is 59.0 Å². The average Bonchev–Trinajstić information content (AvgIpc) is 3.39. The van der Waals surface area contributed by atoms with Crippen molar-refractivity contribution in [3.8, 4) is 0 Å². The summed E-state index contributed by atoms with van der Waals surface area (Å²) in [6, 6.07) is 15.2. The van der Waals surface area contributed by atoms with Gasteiger partial charge in [0.25, 0.3) is 0 Å². The molecule has 1 aliphatic rings. The fourth-order valence-electron chi connectivity index (χ4n) is 4.61. The highest BCUT2D eigenvalue weighted by molar-refractivity contribution is 5.91. The first-order valence-electron chi connectivity index (χ1n) is 11.5. The summed E-state index contributed by atoms with van der Waals surface area (Å²) < 4.78 is 1.83. The Hall–Kier alpha value is -2.99. The van der Waals surface area contributed by atoms with Crippen LogP contribution in [0.1, 0.15) is 66.9 Å². The molecule has 168 valence electrons. The number of nitrogens with zero attached hydrogens (tertiary/aromatic N) is 4.